The highest BCUT2D eigenvalue weighted by Gasteiger charge is 2.32. The Kier molecular flexibility index (Phi) is 3.89. The van der Waals surface area contributed by atoms with Crippen molar-refractivity contribution in [2.75, 3.05) is 0 Å². The summed E-state index contributed by atoms with van der Waals surface area (Å²) in [4.78, 5) is 11.5. The van der Waals surface area contributed by atoms with E-state index in [0.29, 0.717) is 0 Å². The van der Waals surface area contributed by atoms with Crippen molar-refractivity contribution in [2.24, 2.45) is 11.1 Å². The molecule has 0 saturated carbocycles. The molecule has 0 radical (unpaired) electrons. The molecule has 0 heterocycles. The van der Waals surface area contributed by atoms with Crippen LogP contribution in [0.1, 0.15) is 32.3 Å². The Morgan fingerprint density at radius 2 is 1.73 bits per heavy atom. The number of carbonyl (C=O) groups is 1. The Bertz CT molecular complexity index is 315. The van der Waals surface area contributed by atoms with E-state index in [0.717, 1.165) is 19.3 Å². The highest BCUT2D eigenvalue weighted by molar-refractivity contribution is 5.81. The lowest BCUT2D eigenvalue weighted by atomic mass is 9.76. The fourth-order valence-electron chi connectivity index (χ4n) is 1.92. The van der Waals surface area contributed by atoms with Crippen molar-refractivity contribution in [3.8, 4) is 0 Å². The van der Waals surface area contributed by atoms with E-state index in [9.17, 15) is 4.79 Å². The molecule has 2 heteroatoms. The summed E-state index contributed by atoms with van der Waals surface area (Å²) in [7, 11) is 0. The molecule has 0 aliphatic carbocycles. The molecule has 82 valence electrons. The van der Waals surface area contributed by atoms with E-state index >= 15 is 0 Å². The molecule has 0 aliphatic heterocycles. The first-order valence-electron chi connectivity index (χ1n) is 5.48. The third-order valence-electron chi connectivity index (χ3n) is 3.26. The fraction of sp³-hybridized carbons (Fsp3) is 0.462. The van der Waals surface area contributed by atoms with Gasteiger partial charge < -0.3 is 5.73 Å². The summed E-state index contributed by atoms with van der Waals surface area (Å²) in [5.41, 5.74) is 6.31. The summed E-state index contributed by atoms with van der Waals surface area (Å²) in [5, 5.41) is 0. The molecule has 0 bridgehead atoms. The molecule has 2 nitrogen and oxygen atoms in total. The summed E-state index contributed by atoms with van der Waals surface area (Å²) in [6.07, 6.45) is 2.34. The van der Waals surface area contributed by atoms with Gasteiger partial charge in [-0.3, -0.25) is 4.79 Å². The first-order chi connectivity index (χ1) is 7.14. The number of carbonyl (C=O) groups excluding carboxylic acids is 1. The maximum absolute atomic E-state index is 11.5. The van der Waals surface area contributed by atoms with Crippen molar-refractivity contribution >= 4 is 5.91 Å². The van der Waals surface area contributed by atoms with Gasteiger partial charge in [-0.05, 0) is 24.8 Å². The van der Waals surface area contributed by atoms with Gasteiger partial charge in [0.15, 0.2) is 0 Å². The molecular weight excluding hydrogens is 186 g/mol. The number of nitrogens with two attached hydrogens (primary N) is 1. The second-order valence-electron chi connectivity index (χ2n) is 4.01. The predicted molar refractivity (Wildman–Crippen MR) is 62.4 cm³/mol. The van der Waals surface area contributed by atoms with E-state index in [2.05, 4.69) is 0 Å². The van der Waals surface area contributed by atoms with Gasteiger partial charge in [0.25, 0.3) is 0 Å². The van der Waals surface area contributed by atoms with Gasteiger partial charge >= 0.3 is 0 Å². The third kappa shape index (κ3) is 2.58. The summed E-state index contributed by atoms with van der Waals surface area (Å²) >= 11 is 0. The minimum Gasteiger partial charge on any atom is -0.369 e. The summed E-state index contributed by atoms with van der Waals surface area (Å²) in [6.45, 7) is 4.05. The van der Waals surface area contributed by atoms with Crippen LogP contribution in [0.4, 0.5) is 0 Å². The zero-order valence-corrected chi connectivity index (χ0v) is 9.49. The van der Waals surface area contributed by atoms with E-state index in [1.54, 1.807) is 0 Å². The van der Waals surface area contributed by atoms with Crippen LogP contribution in [0.25, 0.3) is 0 Å². The number of hydrogen-bond donors (Lipinski definition) is 1. The lowest BCUT2D eigenvalue weighted by molar-refractivity contribution is -0.128. The lowest BCUT2D eigenvalue weighted by Crippen LogP contribution is -2.38. The molecule has 15 heavy (non-hydrogen) atoms. The maximum atomic E-state index is 11.5. The van der Waals surface area contributed by atoms with Gasteiger partial charge in [0.05, 0.1) is 5.41 Å². The highest BCUT2D eigenvalue weighted by Crippen LogP contribution is 2.30. The molecule has 1 rings (SSSR count). The van der Waals surface area contributed by atoms with Crippen molar-refractivity contribution in [3.63, 3.8) is 0 Å². The Hall–Kier alpha value is -1.31. The van der Waals surface area contributed by atoms with Crippen LogP contribution in [0.2, 0.25) is 0 Å². The zero-order chi connectivity index (χ0) is 11.3. The van der Waals surface area contributed by atoms with Gasteiger partial charge in [0.1, 0.15) is 0 Å². The van der Waals surface area contributed by atoms with E-state index in [1.165, 1.54) is 5.56 Å². The van der Waals surface area contributed by atoms with Gasteiger partial charge in [-0.1, -0.05) is 44.2 Å². The monoisotopic (exact) mass is 205 g/mol. The molecule has 0 saturated heterocycles. The Morgan fingerprint density at radius 1 is 1.20 bits per heavy atom. The Morgan fingerprint density at radius 3 is 2.13 bits per heavy atom. The summed E-state index contributed by atoms with van der Waals surface area (Å²) in [5.74, 6) is -0.184. The lowest BCUT2D eigenvalue weighted by Gasteiger charge is -2.28. The van der Waals surface area contributed by atoms with Crippen molar-refractivity contribution in [1.82, 2.24) is 0 Å². The predicted octanol–water partition coefficient (Wildman–Crippen LogP) is 2.52. The van der Waals surface area contributed by atoms with Crippen LogP contribution in [-0.2, 0) is 11.2 Å². The van der Waals surface area contributed by atoms with E-state index in [-0.39, 0.29) is 11.3 Å². The molecular formula is C13H19NO. The largest absolute Gasteiger partial charge is 0.369 e. The first kappa shape index (κ1) is 11.8. The molecule has 0 aromatic heterocycles. The first-order valence-corrected chi connectivity index (χ1v) is 5.48. The highest BCUT2D eigenvalue weighted by atomic mass is 16.1. The SMILES string of the molecule is CCC(CC)(Cc1ccccc1)C(N)=O. The van der Waals surface area contributed by atoms with Crippen LogP contribution < -0.4 is 5.73 Å². The van der Waals surface area contributed by atoms with Crippen LogP contribution in [0.15, 0.2) is 30.3 Å². The van der Waals surface area contributed by atoms with Gasteiger partial charge in [-0.25, -0.2) is 0 Å². The van der Waals surface area contributed by atoms with E-state index < -0.39 is 0 Å². The number of primary amides is 1. The normalized spacial score (nSPS) is 11.3. The molecule has 0 aliphatic rings. The van der Waals surface area contributed by atoms with Crippen LogP contribution in [-0.4, -0.2) is 5.91 Å². The topological polar surface area (TPSA) is 43.1 Å². The average Bonchev–Trinajstić information content (AvgIpc) is 2.27. The second kappa shape index (κ2) is 4.96. The van der Waals surface area contributed by atoms with Crippen LogP contribution >= 0.6 is 0 Å². The zero-order valence-electron chi connectivity index (χ0n) is 9.49. The van der Waals surface area contributed by atoms with Crippen molar-refractivity contribution in [3.05, 3.63) is 35.9 Å². The number of hydrogen-bond acceptors (Lipinski definition) is 1. The van der Waals surface area contributed by atoms with Crippen LogP contribution in [0, 0.1) is 5.41 Å². The summed E-state index contributed by atoms with van der Waals surface area (Å²) < 4.78 is 0. The fourth-order valence-corrected chi connectivity index (χ4v) is 1.92. The summed E-state index contributed by atoms with van der Waals surface area (Å²) in [6, 6.07) is 10.1. The van der Waals surface area contributed by atoms with Gasteiger partial charge in [0.2, 0.25) is 5.91 Å². The van der Waals surface area contributed by atoms with Gasteiger partial charge in [-0.2, -0.15) is 0 Å². The molecule has 2 N–H and O–H groups in total. The molecule has 1 aromatic rings. The molecule has 0 atom stereocenters. The van der Waals surface area contributed by atoms with E-state index in [1.807, 2.05) is 44.2 Å². The standard InChI is InChI=1S/C13H19NO/c1-3-13(4-2,12(14)15)10-11-8-6-5-7-9-11/h5-9H,3-4,10H2,1-2H3,(H2,14,15). The van der Waals surface area contributed by atoms with Crippen molar-refractivity contribution in [2.45, 2.75) is 33.1 Å². The quantitative estimate of drug-likeness (QED) is 0.788. The molecule has 1 aromatic carbocycles. The van der Waals surface area contributed by atoms with Crippen LogP contribution in [0.3, 0.4) is 0 Å². The molecule has 1 amide bonds. The van der Waals surface area contributed by atoms with E-state index in [4.69, 9.17) is 5.73 Å². The minimum absolute atomic E-state index is 0.184. The number of amides is 1. The number of benzene rings is 1. The average molecular weight is 205 g/mol. The third-order valence-corrected chi connectivity index (χ3v) is 3.26. The molecule has 0 spiro atoms. The Balaban J connectivity index is 2.89. The Labute approximate surface area is 91.5 Å². The van der Waals surface area contributed by atoms with Crippen LogP contribution in [0.5, 0.6) is 0 Å². The van der Waals surface area contributed by atoms with Gasteiger partial charge in [-0.15, -0.1) is 0 Å². The van der Waals surface area contributed by atoms with Gasteiger partial charge in [0, 0.05) is 0 Å². The smallest absolute Gasteiger partial charge is 0.223 e. The second-order valence-corrected chi connectivity index (χ2v) is 4.01. The maximum Gasteiger partial charge on any atom is 0.223 e. The van der Waals surface area contributed by atoms with Crippen molar-refractivity contribution in [1.29, 1.82) is 0 Å². The molecule has 0 unspecified atom stereocenters. The molecule has 0 fully saturated rings. The van der Waals surface area contributed by atoms with Crippen molar-refractivity contribution < 1.29 is 4.79 Å². The minimum atomic E-state index is -0.374. The number of rotatable bonds is 5.